The number of hydrogen-bond donors (Lipinski definition) is 1. The van der Waals surface area contributed by atoms with Gasteiger partial charge in [0.25, 0.3) is 0 Å². The predicted octanol–water partition coefficient (Wildman–Crippen LogP) is 2.90. The largest absolute Gasteiger partial charge is 0.334 e. The number of aromatic nitrogens is 2. The molecule has 0 amide bonds. The van der Waals surface area contributed by atoms with Crippen molar-refractivity contribution in [3.05, 3.63) is 53.6 Å². The van der Waals surface area contributed by atoms with Gasteiger partial charge in [0.05, 0.1) is 6.33 Å². The highest BCUT2D eigenvalue weighted by Crippen LogP contribution is 2.25. The maximum absolute atomic E-state index is 4.37. The molecular weight excluding hydrogens is 246 g/mol. The second kappa shape index (κ2) is 6.23. The molecule has 0 aliphatic carbocycles. The third-order valence-corrected chi connectivity index (χ3v) is 4.23. The van der Waals surface area contributed by atoms with E-state index in [1.165, 1.54) is 29.7 Å². The van der Waals surface area contributed by atoms with E-state index in [-0.39, 0.29) is 0 Å². The molecule has 0 saturated carbocycles. The van der Waals surface area contributed by atoms with Gasteiger partial charge in [-0.3, -0.25) is 0 Å². The average Bonchev–Trinajstić information content (AvgIpc) is 2.95. The summed E-state index contributed by atoms with van der Waals surface area (Å²) in [5.74, 6) is 0.677. The molecule has 3 rings (SSSR count). The highest BCUT2D eigenvalue weighted by molar-refractivity contribution is 5.22. The van der Waals surface area contributed by atoms with E-state index in [2.05, 4.69) is 52.3 Å². The molecule has 1 N–H and O–H groups in total. The predicted molar refractivity (Wildman–Crippen MR) is 82.0 cm³/mol. The molecule has 0 radical (unpaired) electrons. The highest BCUT2D eigenvalue weighted by Gasteiger charge is 2.18. The second-order valence-corrected chi connectivity index (χ2v) is 5.78. The summed E-state index contributed by atoms with van der Waals surface area (Å²) in [6.07, 6.45) is 7.60. The first-order chi connectivity index (χ1) is 9.83. The maximum Gasteiger partial charge on any atom is 0.0948 e. The second-order valence-electron chi connectivity index (χ2n) is 5.78. The number of nitrogens with one attached hydrogen (secondary N) is 1. The fraction of sp³-hybridized carbons (Fsp3) is 0.471. The molecule has 2 aromatic rings. The number of hydrogen-bond acceptors (Lipinski definition) is 2. The van der Waals surface area contributed by atoms with Crippen molar-refractivity contribution in [1.82, 2.24) is 14.9 Å². The van der Waals surface area contributed by atoms with Gasteiger partial charge in [0, 0.05) is 24.4 Å². The Morgan fingerprint density at radius 1 is 1.30 bits per heavy atom. The fourth-order valence-electron chi connectivity index (χ4n) is 3.09. The summed E-state index contributed by atoms with van der Waals surface area (Å²) < 4.78 is 2.35. The number of rotatable bonds is 4. The van der Waals surface area contributed by atoms with Crippen LogP contribution in [0.2, 0.25) is 0 Å². The van der Waals surface area contributed by atoms with Crippen LogP contribution in [0.5, 0.6) is 0 Å². The molecule has 2 heterocycles. The van der Waals surface area contributed by atoms with Crippen LogP contribution < -0.4 is 5.32 Å². The van der Waals surface area contributed by atoms with E-state index in [4.69, 9.17) is 0 Å². The van der Waals surface area contributed by atoms with Crippen LogP contribution >= 0.6 is 0 Å². The molecular formula is C17H23N3. The lowest BCUT2D eigenvalue weighted by molar-refractivity contribution is 0.438. The van der Waals surface area contributed by atoms with Crippen LogP contribution in [0.3, 0.4) is 0 Å². The van der Waals surface area contributed by atoms with Crippen molar-refractivity contribution >= 4 is 0 Å². The Labute approximate surface area is 121 Å². The summed E-state index contributed by atoms with van der Waals surface area (Å²) in [5, 5.41) is 3.43. The minimum absolute atomic E-state index is 0.677. The Morgan fingerprint density at radius 3 is 2.95 bits per heavy atom. The van der Waals surface area contributed by atoms with Crippen molar-refractivity contribution in [2.24, 2.45) is 0 Å². The lowest BCUT2D eigenvalue weighted by atomic mass is 9.95. The summed E-state index contributed by atoms with van der Waals surface area (Å²) in [6, 6.07) is 8.79. The van der Waals surface area contributed by atoms with E-state index in [0.717, 1.165) is 26.1 Å². The van der Waals surface area contributed by atoms with Gasteiger partial charge in [-0.15, -0.1) is 0 Å². The van der Waals surface area contributed by atoms with E-state index in [1.807, 2.05) is 6.33 Å². The minimum atomic E-state index is 0.677. The highest BCUT2D eigenvalue weighted by atomic mass is 15.0. The van der Waals surface area contributed by atoms with Gasteiger partial charge in [0.15, 0.2) is 0 Å². The Hall–Kier alpha value is -1.61. The molecule has 1 aromatic carbocycles. The molecule has 106 valence electrons. The first kappa shape index (κ1) is 13.4. The number of benzene rings is 1. The molecule has 0 spiro atoms. The molecule has 0 unspecified atom stereocenters. The van der Waals surface area contributed by atoms with Gasteiger partial charge in [-0.05, 0) is 44.8 Å². The standard InChI is InChI=1S/C17H23N3/c1-14-3-2-4-15(11-14)7-10-20-13-19-12-17(20)16-5-8-18-9-6-16/h2-4,11-13,16,18H,5-10H2,1H3. The van der Waals surface area contributed by atoms with Gasteiger partial charge in [-0.1, -0.05) is 29.8 Å². The van der Waals surface area contributed by atoms with Crippen LogP contribution in [-0.4, -0.2) is 22.6 Å². The summed E-state index contributed by atoms with van der Waals surface area (Å²) in [6.45, 7) is 5.45. The van der Waals surface area contributed by atoms with Gasteiger partial charge >= 0.3 is 0 Å². The Balaban J connectivity index is 1.67. The van der Waals surface area contributed by atoms with Crippen LogP contribution in [0.25, 0.3) is 0 Å². The first-order valence-corrected chi connectivity index (χ1v) is 7.59. The normalized spacial score (nSPS) is 16.4. The van der Waals surface area contributed by atoms with Crippen molar-refractivity contribution in [3.63, 3.8) is 0 Å². The van der Waals surface area contributed by atoms with E-state index >= 15 is 0 Å². The number of aryl methyl sites for hydroxylation is 3. The summed E-state index contributed by atoms with van der Waals surface area (Å²) >= 11 is 0. The van der Waals surface area contributed by atoms with E-state index in [9.17, 15) is 0 Å². The van der Waals surface area contributed by atoms with Crippen LogP contribution in [0.4, 0.5) is 0 Å². The third kappa shape index (κ3) is 3.10. The monoisotopic (exact) mass is 269 g/mol. The molecule has 20 heavy (non-hydrogen) atoms. The average molecular weight is 269 g/mol. The molecule has 3 nitrogen and oxygen atoms in total. The zero-order valence-electron chi connectivity index (χ0n) is 12.2. The van der Waals surface area contributed by atoms with E-state index in [1.54, 1.807) is 0 Å². The van der Waals surface area contributed by atoms with E-state index in [0.29, 0.717) is 5.92 Å². The van der Waals surface area contributed by atoms with Crippen LogP contribution in [0.15, 0.2) is 36.8 Å². The molecule has 3 heteroatoms. The smallest absolute Gasteiger partial charge is 0.0948 e. The van der Waals surface area contributed by atoms with Crippen molar-refractivity contribution in [2.45, 2.75) is 38.6 Å². The van der Waals surface area contributed by atoms with E-state index < -0.39 is 0 Å². The Morgan fingerprint density at radius 2 is 2.15 bits per heavy atom. The Bertz CT molecular complexity index is 553. The van der Waals surface area contributed by atoms with Gasteiger partial charge in [-0.2, -0.15) is 0 Å². The van der Waals surface area contributed by atoms with Crippen molar-refractivity contribution in [2.75, 3.05) is 13.1 Å². The summed E-state index contributed by atoms with van der Waals surface area (Å²) in [7, 11) is 0. The van der Waals surface area contributed by atoms with Gasteiger partial charge in [0.2, 0.25) is 0 Å². The zero-order chi connectivity index (χ0) is 13.8. The Kier molecular flexibility index (Phi) is 4.16. The molecule has 1 aliphatic rings. The van der Waals surface area contributed by atoms with Crippen LogP contribution in [0.1, 0.15) is 35.6 Å². The molecule has 1 fully saturated rings. The lowest BCUT2D eigenvalue weighted by Gasteiger charge is -2.23. The van der Waals surface area contributed by atoms with Crippen molar-refractivity contribution in [1.29, 1.82) is 0 Å². The molecule has 1 aliphatic heterocycles. The van der Waals surface area contributed by atoms with Crippen molar-refractivity contribution in [3.8, 4) is 0 Å². The maximum atomic E-state index is 4.37. The topological polar surface area (TPSA) is 29.9 Å². The summed E-state index contributed by atoms with van der Waals surface area (Å²) in [5.41, 5.74) is 4.17. The molecule has 1 aromatic heterocycles. The third-order valence-electron chi connectivity index (χ3n) is 4.23. The van der Waals surface area contributed by atoms with Gasteiger partial charge < -0.3 is 9.88 Å². The fourth-order valence-corrected chi connectivity index (χ4v) is 3.09. The SMILES string of the molecule is Cc1cccc(CCn2cncc2C2CCNCC2)c1. The first-order valence-electron chi connectivity index (χ1n) is 7.59. The van der Waals surface area contributed by atoms with Crippen LogP contribution in [0, 0.1) is 6.92 Å². The van der Waals surface area contributed by atoms with Crippen LogP contribution in [-0.2, 0) is 13.0 Å². The lowest BCUT2D eigenvalue weighted by Crippen LogP contribution is -2.27. The zero-order valence-corrected chi connectivity index (χ0v) is 12.2. The van der Waals surface area contributed by atoms with Gasteiger partial charge in [0.1, 0.15) is 0 Å². The number of nitrogens with zero attached hydrogens (tertiary/aromatic N) is 2. The van der Waals surface area contributed by atoms with Crippen molar-refractivity contribution < 1.29 is 0 Å². The molecule has 1 saturated heterocycles. The quantitative estimate of drug-likeness (QED) is 0.925. The number of imidazole rings is 1. The number of piperidine rings is 1. The summed E-state index contributed by atoms with van der Waals surface area (Å²) in [4.78, 5) is 4.37. The van der Waals surface area contributed by atoms with Gasteiger partial charge in [-0.25, -0.2) is 4.98 Å². The molecule has 0 bridgehead atoms. The molecule has 0 atom stereocenters. The minimum Gasteiger partial charge on any atom is -0.334 e.